The number of carbonyl (C=O) groups is 1. The van der Waals surface area contributed by atoms with Crippen molar-refractivity contribution in [2.45, 2.75) is 38.1 Å². The molecule has 0 unspecified atom stereocenters. The predicted molar refractivity (Wildman–Crippen MR) is 121 cm³/mol. The van der Waals surface area contributed by atoms with Gasteiger partial charge in [0.1, 0.15) is 5.82 Å². The maximum Gasteiger partial charge on any atom is 0.416 e. The van der Waals surface area contributed by atoms with E-state index in [1.54, 1.807) is 12.1 Å². The molecule has 0 saturated carbocycles. The van der Waals surface area contributed by atoms with E-state index in [0.717, 1.165) is 50.2 Å². The van der Waals surface area contributed by atoms with E-state index >= 15 is 0 Å². The second kappa shape index (κ2) is 10.3. The van der Waals surface area contributed by atoms with Crippen LogP contribution in [0.5, 0.6) is 0 Å². The first kappa shape index (κ1) is 23.8. The van der Waals surface area contributed by atoms with Crippen LogP contribution in [-0.2, 0) is 19.3 Å². The van der Waals surface area contributed by atoms with Crippen LogP contribution in [0.2, 0.25) is 0 Å². The van der Waals surface area contributed by atoms with Gasteiger partial charge in [0, 0.05) is 50.3 Å². The number of aromatic nitrogens is 1. The highest BCUT2D eigenvalue weighted by Gasteiger charge is 2.30. The van der Waals surface area contributed by atoms with E-state index in [1.165, 1.54) is 24.3 Å². The summed E-state index contributed by atoms with van der Waals surface area (Å²) in [5.74, 6) is -0.332. The van der Waals surface area contributed by atoms with Gasteiger partial charge < -0.3 is 15.2 Å². The Morgan fingerprint density at radius 3 is 2.41 bits per heavy atom. The SMILES string of the molecule is O=C(NCc1cccc(F)c1)NC1CCN(Cc2ccn(-c3ccc(C(F)(F)F)cc3)c2)CC1. The normalized spacial score (nSPS) is 15.3. The number of hydrogen-bond acceptors (Lipinski definition) is 2. The Hall–Kier alpha value is -3.33. The van der Waals surface area contributed by atoms with Crippen molar-refractivity contribution in [1.29, 1.82) is 0 Å². The molecule has 180 valence electrons. The number of benzene rings is 2. The molecule has 2 amide bonds. The van der Waals surface area contributed by atoms with Crippen molar-refractivity contribution >= 4 is 6.03 Å². The Labute approximate surface area is 195 Å². The molecule has 0 spiro atoms. The zero-order valence-electron chi connectivity index (χ0n) is 18.5. The zero-order chi connectivity index (χ0) is 24.1. The van der Waals surface area contributed by atoms with Crippen molar-refractivity contribution in [2.75, 3.05) is 13.1 Å². The molecule has 2 aromatic carbocycles. The third-order valence-electron chi connectivity index (χ3n) is 5.92. The number of nitrogens with zero attached hydrogens (tertiary/aromatic N) is 2. The highest BCUT2D eigenvalue weighted by molar-refractivity contribution is 5.74. The number of rotatable bonds is 6. The lowest BCUT2D eigenvalue weighted by Gasteiger charge is -2.32. The van der Waals surface area contributed by atoms with Gasteiger partial charge in [0.25, 0.3) is 0 Å². The molecule has 1 aliphatic heterocycles. The molecule has 1 saturated heterocycles. The molecule has 4 rings (SSSR count). The molecular weight excluding hydrogens is 448 g/mol. The summed E-state index contributed by atoms with van der Waals surface area (Å²) >= 11 is 0. The molecule has 1 aromatic heterocycles. The van der Waals surface area contributed by atoms with Gasteiger partial charge in [0.2, 0.25) is 0 Å². The molecular formula is C25H26F4N4O. The lowest BCUT2D eigenvalue weighted by Crippen LogP contribution is -2.47. The molecule has 3 aromatic rings. The number of alkyl halides is 3. The van der Waals surface area contributed by atoms with Gasteiger partial charge in [-0.05, 0) is 66.4 Å². The smallest absolute Gasteiger partial charge is 0.335 e. The quantitative estimate of drug-likeness (QED) is 0.489. The summed E-state index contributed by atoms with van der Waals surface area (Å²) in [5, 5.41) is 5.73. The average Bonchev–Trinajstić information content (AvgIpc) is 3.27. The largest absolute Gasteiger partial charge is 0.416 e. The van der Waals surface area contributed by atoms with Crippen LogP contribution in [0.3, 0.4) is 0 Å². The number of hydrogen-bond donors (Lipinski definition) is 2. The van der Waals surface area contributed by atoms with Crippen molar-refractivity contribution < 1.29 is 22.4 Å². The molecule has 5 nitrogen and oxygen atoms in total. The van der Waals surface area contributed by atoms with Crippen molar-refractivity contribution in [2.24, 2.45) is 0 Å². The molecule has 1 fully saturated rings. The third-order valence-corrected chi connectivity index (χ3v) is 5.92. The number of carbonyl (C=O) groups excluding carboxylic acids is 1. The number of nitrogens with one attached hydrogen (secondary N) is 2. The summed E-state index contributed by atoms with van der Waals surface area (Å²) in [5.41, 5.74) is 1.78. The van der Waals surface area contributed by atoms with E-state index < -0.39 is 11.7 Å². The molecule has 0 atom stereocenters. The van der Waals surface area contributed by atoms with E-state index in [-0.39, 0.29) is 24.4 Å². The van der Waals surface area contributed by atoms with Crippen molar-refractivity contribution in [1.82, 2.24) is 20.1 Å². The Bertz CT molecular complexity index is 1100. The van der Waals surface area contributed by atoms with Crippen molar-refractivity contribution in [3.63, 3.8) is 0 Å². The van der Waals surface area contributed by atoms with E-state index in [1.807, 2.05) is 23.0 Å². The summed E-state index contributed by atoms with van der Waals surface area (Å²) < 4.78 is 53.3. The lowest BCUT2D eigenvalue weighted by atomic mass is 10.0. The lowest BCUT2D eigenvalue weighted by molar-refractivity contribution is -0.137. The van der Waals surface area contributed by atoms with Crippen LogP contribution in [0.15, 0.2) is 67.0 Å². The number of halogens is 4. The number of amides is 2. The molecule has 1 aliphatic rings. The minimum Gasteiger partial charge on any atom is -0.335 e. The number of likely N-dealkylation sites (tertiary alicyclic amines) is 1. The Morgan fingerprint density at radius 2 is 1.74 bits per heavy atom. The molecule has 2 heterocycles. The highest BCUT2D eigenvalue weighted by Crippen LogP contribution is 2.29. The molecule has 0 aliphatic carbocycles. The van der Waals surface area contributed by atoms with Crippen LogP contribution in [-0.4, -0.2) is 34.6 Å². The topological polar surface area (TPSA) is 49.3 Å². The van der Waals surface area contributed by atoms with Crippen molar-refractivity contribution in [3.8, 4) is 5.69 Å². The summed E-state index contributed by atoms with van der Waals surface area (Å²) in [6.07, 6.45) is 1.05. The van der Waals surface area contributed by atoms with Gasteiger partial charge in [-0.3, -0.25) is 4.90 Å². The highest BCUT2D eigenvalue weighted by atomic mass is 19.4. The van der Waals surface area contributed by atoms with Gasteiger partial charge in [-0.2, -0.15) is 13.2 Å². The molecule has 2 N–H and O–H groups in total. The maximum atomic E-state index is 13.2. The summed E-state index contributed by atoms with van der Waals surface area (Å²) in [7, 11) is 0. The molecule has 9 heteroatoms. The summed E-state index contributed by atoms with van der Waals surface area (Å²) in [4.78, 5) is 14.4. The Balaban J connectivity index is 1.21. The van der Waals surface area contributed by atoms with Crippen molar-refractivity contribution in [3.05, 3.63) is 89.5 Å². The first-order valence-corrected chi connectivity index (χ1v) is 11.1. The Kier molecular flexibility index (Phi) is 7.21. The standard InChI is InChI=1S/C25H26F4N4O/c26-21-3-1-2-18(14-21)15-30-24(34)31-22-9-11-32(12-10-22)16-19-8-13-33(17-19)23-6-4-20(5-7-23)25(27,28)29/h1-8,13-14,17,22H,9-12,15-16H2,(H2,30,31,34). The maximum absolute atomic E-state index is 13.2. The van der Waals surface area contributed by atoms with E-state index in [9.17, 15) is 22.4 Å². The second-order valence-corrected chi connectivity index (χ2v) is 8.48. The predicted octanol–water partition coefficient (Wildman–Crippen LogP) is 5.10. The number of piperidine rings is 1. The first-order valence-electron chi connectivity index (χ1n) is 11.1. The molecule has 0 radical (unpaired) electrons. The van der Waals surface area contributed by atoms with Crippen LogP contribution in [0.1, 0.15) is 29.5 Å². The Morgan fingerprint density at radius 1 is 1.00 bits per heavy atom. The van der Waals surface area contributed by atoms with Gasteiger partial charge >= 0.3 is 12.2 Å². The van der Waals surface area contributed by atoms with Gasteiger partial charge in [-0.1, -0.05) is 12.1 Å². The summed E-state index contributed by atoms with van der Waals surface area (Å²) in [6.45, 7) is 2.63. The minimum absolute atomic E-state index is 0.0699. The average molecular weight is 475 g/mol. The van der Waals surface area contributed by atoms with Crippen LogP contribution in [0.25, 0.3) is 5.69 Å². The fourth-order valence-electron chi connectivity index (χ4n) is 4.08. The molecule has 0 bridgehead atoms. The van der Waals surface area contributed by atoms with Gasteiger partial charge in [-0.15, -0.1) is 0 Å². The minimum atomic E-state index is -4.34. The van der Waals surface area contributed by atoms with Crippen LogP contribution < -0.4 is 10.6 Å². The third kappa shape index (κ3) is 6.38. The first-order chi connectivity index (χ1) is 16.3. The van der Waals surface area contributed by atoms with E-state index in [4.69, 9.17) is 0 Å². The summed E-state index contributed by atoms with van der Waals surface area (Å²) in [6, 6.07) is 13.0. The fourth-order valence-corrected chi connectivity index (χ4v) is 4.08. The van der Waals surface area contributed by atoms with Gasteiger partial charge in [0.05, 0.1) is 5.56 Å². The van der Waals surface area contributed by atoms with E-state index in [2.05, 4.69) is 15.5 Å². The zero-order valence-corrected chi connectivity index (χ0v) is 18.5. The van der Waals surface area contributed by atoms with Crippen LogP contribution in [0, 0.1) is 5.82 Å². The fraction of sp³-hybridized carbons (Fsp3) is 0.320. The monoisotopic (exact) mass is 474 g/mol. The van der Waals surface area contributed by atoms with Gasteiger partial charge in [0.15, 0.2) is 0 Å². The van der Waals surface area contributed by atoms with Gasteiger partial charge in [-0.25, -0.2) is 9.18 Å². The van der Waals surface area contributed by atoms with Crippen LogP contribution >= 0.6 is 0 Å². The molecule has 34 heavy (non-hydrogen) atoms. The number of urea groups is 1. The van der Waals surface area contributed by atoms with E-state index in [0.29, 0.717) is 11.3 Å². The second-order valence-electron chi connectivity index (χ2n) is 8.48. The van der Waals surface area contributed by atoms with Crippen LogP contribution in [0.4, 0.5) is 22.4 Å².